The Morgan fingerprint density at radius 1 is 1.56 bits per heavy atom. The van der Waals surface area contributed by atoms with Crippen LogP contribution in [-0.2, 0) is 4.74 Å². The summed E-state index contributed by atoms with van der Waals surface area (Å²) in [6, 6.07) is 0.431. The zero-order chi connectivity index (χ0) is 12.2. The number of ether oxygens (including phenoxy) is 1. The first-order chi connectivity index (χ1) is 7.70. The maximum atomic E-state index is 5.69. The Bertz CT molecular complexity index is 176. The van der Waals surface area contributed by atoms with Gasteiger partial charge in [-0.15, -0.1) is 0 Å². The predicted octanol–water partition coefficient (Wildman–Crippen LogP) is 1.64. The molecule has 0 aromatic rings. The summed E-state index contributed by atoms with van der Waals surface area (Å²) in [5.41, 5.74) is 6.76. The Hall–Kier alpha value is -0.0300. The molecule has 0 aliphatic carbocycles. The fraction of sp³-hybridized carbons (Fsp3) is 0.833. The van der Waals surface area contributed by atoms with Crippen LogP contribution in [0.3, 0.4) is 0 Å². The van der Waals surface area contributed by atoms with Crippen LogP contribution in [0.4, 0.5) is 0 Å². The summed E-state index contributed by atoms with van der Waals surface area (Å²) in [5.74, 6) is 1.21. The molecule has 3 nitrogen and oxygen atoms in total. The van der Waals surface area contributed by atoms with E-state index in [-0.39, 0.29) is 0 Å². The van der Waals surface area contributed by atoms with E-state index in [9.17, 15) is 0 Å². The summed E-state index contributed by atoms with van der Waals surface area (Å²) < 4.78 is 5.41. The second kappa shape index (κ2) is 11.5. The highest BCUT2D eigenvalue weighted by Crippen LogP contribution is 2.02. The quantitative estimate of drug-likeness (QED) is 0.430. The summed E-state index contributed by atoms with van der Waals surface area (Å²) in [6.07, 6.45) is 4.51. The number of hydrogen-bond donors (Lipinski definition) is 2. The minimum absolute atomic E-state index is 0.431. The van der Waals surface area contributed by atoms with Crippen LogP contribution in [0.15, 0.2) is 12.2 Å². The van der Waals surface area contributed by atoms with Gasteiger partial charge in [-0.2, -0.15) is 11.8 Å². The molecule has 0 radical (unpaired) electrons. The lowest BCUT2D eigenvalue weighted by molar-refractivity contribution is 0.155. The van der Waals surface area contributed by atoms with Gasteiger partial charge in [-0.25, -0.2) is 0 Å². The van der Waals surface area contributed by atoms with E-state index < -0.39 is 0 Å². The zero-order valence-electron chi connectivity index (χ0n) is 10.6. The first kappa shape index (κ1) is 16.0. The third-order valence-corrected chi connectivity index (χ3v) is 2.91. The molecule has 0 aliphatic rings. The third-order valence-electron chi connectivity index (χ3n) is 2.21. The first-order valence-corrected chi connectivity index (χ1v) is 7.24. The van der Waals surface area contributed by atoms with Gasteiger partial charge in [0.25, 0.3) is 0 Å². The zero-order valence-corrected chi connectivity index (χ0v) is 11.4. The van der Waals surface area contributed by atoms with Crippen LogP contribution in [0.1, 0.15) is 19.8 Å². The second-order valence-corrected chi connectivity index (χ2v) is 5.02. The van der Waals surface area contributed by atoms with Gasteiger partial charge in [-0.05, 0) is 31.8 Å². The van der Waals surface area contributed by atoms with Crippen molar-refractivity contribution in [3.8, 4) is 0 Å². The maximum Gasteiger partial charge on any atom is 0.0672 e. The van der Waals surface area contributed by atoms with E-state index >= 15 is 0 Å². The Morgan fingerprint density at radius 3 is 2.88 bits per heavy atom. The molecule has 1 atom stereocenters. The molecule has 3 N–H and O–H groups in total. The highest BCUT2D eigenvalue weighted by atomic mass is 32.2. The summed E-state index contributed by atoms with van der Waals surface area (Å²) in [5, 5.41) is 3.41. The van der Waals surface area contributed by atoms with Gasteiger partial charge in [0.15, 0.2) is 0 Å². The van der Waals surface area contributed by atoms with Crippen molar-refractivity contribution in [1.29, 1.82) is 0 Å². The van der Waals surface area contributed by atoms with E-state index in [0.717, 1.165) is 25.1 Å². The van der Waals surface area contributed by atoms with Gasteiger partial charge < -0.3 is 15.8 Å². The molecule has 1 unspecified atom stereocenters. The van der Waals surface area contributed by atoms with Crippen LogP contribution in [0.5, 0.6) is 0 Å². The molecule has 0 fully saturated rings. The molecule has 0 saturated carbocycles. The minimum atomic E-state index is 0.431. The average Bonchev–Trinajstić information content (AvgIpc) is 2.26. The van der Waals surface area contributed by atoms with Crippen molar-refractivity contribution < 1.29 is 4.74 Å². The smallest absolute Gasteiger partial charge is 0.0672 e. The minimum Gasteiger partial charge on any atom is -0.376 e. The van der Waals surface area contributed by atoms with Crippen molar-refractivity contribution in [3.63, 3.8) is 0 Å². The molecule has 0 saturated heterocycles. The van der Waals surface area contributed by atoms with Crippen molar-refractivity contribution in [1.82, 2.24) is 5.32 Å². The molecule has 0 amide bonds. The summed E-state index contributed by atoms with van der Waals surface area (Å²) in [7, 11) is 0. The normalized spacial score (nSPS) is 12.7. The summed E-state index contributed by atoms with van der Waals surface area (Å²) in [6.45, 7) is 8.71. The molecule has 0 aromatic carbocycles. The van der Waals surface area contributed by atoms with Crippen molar-refractivity contribution in [2.45, 2.75) is 25.8 Å². The molecule has 16 heavy (non-hydrogen) atoms. The molecule has 0 aromatic heterocycles. The highest BCUT2D eigenvalue weighted by Gasteiger charge is 2.04. The van der Waals surface area contributed by atoms with Crippen LogP contribution in [-0.4, -0.2) is 44.4 Å². The molecule has 0 rings (SSSR count). The van der Waals surface area contributed by atoms with Crippen LogP contribution in [0, 0.1) is 0 Å². The van der Waals surface area contributed by atoms with E-state index in [0.29, 0.717) is 19.2 Å². The topological polar surface area (TPSA) is 47.3 Å². The maximum absolute atomic E-state index is 5.69. The number of nitrogens with two attached hydrogens (primary N) is 1. The lowest BCUT2D eigenvalue weighted by atomic mass is 10.2. The van der Waals surface area contributed by atoms with Gasteiger partial charge in [0.1, 0.15) is 0 Å². The Labute approximate surface area is 104 Å². The van der Waals surface area contributed by atoms with Crippen LogP contribution >= 0.6 is 11.8 Å². The molecule has 0 spiro atoms. The first-order valence-electron chi connectivity index (χ1n) is 5.85. The van der Waals surface area contributed by atoms with Gasteiger partial charge in [-0.3, -0.25) is 0 Å². The Balaban J connectivity index is 3.36. The van der Waals surface area contributed by atoms with Gasteiger partial charge in [0.2, 0.25) is 0 Å². The van der Waals surface area contributed by atoms with E-state index in [1.165, 1.54) is 12.2 Å². The van der Waals surface area contributed by atoms with Gasteiger partial charge in [0, 0.05) is 19.1 Å². The molecular weight excluding hydrogens is 220 g/mol. The average molecular weight is 246 g/mol. The molecular formula is C12H26N2OS. The molecule has 0 bridgehead atoms. The third kappa shape index (κ3) is 10.5. The van der Waals surface area contributed by atoms with Crippen LogP contribution in [0.2, 0.25) is 0 Å². The van der Waals surface area contributed by atoms with E-state index in [2.05, 4.69) is 18.2 Å². The second-order valence-electron chi connectivity index (χ2n) is 4.03. The lowest BCUT2D eigenvalue weighted by Crippen LogP contribution is -2.38. The lowest BCUT2D eigenvalue weighted by Gasteiger charge is -2.16. The largest absolute Gasteiger partial charge is 0.376 e. The van der Waals surface area contributed by atoms with E-state index in [1.807, 2.05) is 18.7 Å². The summed E-state index contributed by atoms with van der Waals surface area (Å²) in [4.78, 5) is 0. The van der Waals surface area contributed by atoms with Crippen molar-refractivity contribution >= 4 is 11.8 Å². The summed E-state index contributed by atoms with van der Waals surface area (Å²) >= 11 is 1.89. The number of nitrogens with one attached hydrogen (secondary N) is 1. The SMILES string of the molecule is C=C(C)COCCNC(CN)CCCSC. The van der Waals surface area contributed by atoms with Crippen molar-refractivity contribution in [2.75, 3.05) is 38.3 Å². The van der Waals surface area contributed by atoms with Gasteiger partial charge in [0.05, 0.1) is 13.2 Å². The van der Waals surface area contributed by atoms with Crippen LogP contribution in [0.25, 0.3) is 0 Å². The standard InChI is InChI=1S/C12H26N2OS/c1-11(2)10-15-7-6-14-12(9-13)5-4-8-16-3/h12,14H,1,4-10,13H2,2-3H3. The van der Waals surface area contributed by atoms with E-state index in [4.69, 9.17) is 10.5 Å². The monoisotopic (exact) mass is 246 g/mol. The van der Waals surface area contributed by atoms with Crippen molar-refractivity contribution in [2.24, 2.45) is 5.73 Å². The number of hydrogen-bond acceptors (Lipinski definition) is 4. The molecule has 0 aliphatic heterocycles. The predicted molar refractivity (Wildman–Crippen MR) is 74.1 cm³/mol. The van der Waals surface area contributed by atoms with E-state index in [1.54, 1.807) is 0 Å². The highest BCUT2D eigenvalue weighted by molar-refractivity contribution is 7.98. The van der Waals surface area contributed by atoms with Crippen molar-refractivity contribution in [3.05, 3.63) is 12.2 Å². The van der Waals surface area contributed by atoms with Gasteiger partial charge in [-0.1, -0.05) is 12.2 Å². The molecule has 0 heterocycles. The fourth-order valence-electron chi connectivity index (χ4n) is 1.36. The Kier molecular flexibility index (Phi) is 11.4. The number of rotatable bonds is 11. The van der Waals surface area contributed by atoms with Crippen LogP contribution < -0.4 is 11.1 Å². The molecule has 96 valence electrons. The fourth-order valence-corrected chi connectivity index (χ4v) is 1.81. The number of thioether (sulfide) groups is 1. The molecule has 4 heteroatoms. The van der Waals surface area contributed by atoms with Gasteiger partial charge >= 0.3 is 0 Å². The Morgan fingerprint density at radius 2 is 2.31 bits per heavy atom.